The van der Waals surface area contributed by atoms with Crippen molar-refractivity contribution in [3.05, 3.63) is 53.3 Å². The first-order valence-corrected chi connectivity index (χ1v) is 6.94. The van der Waals surface area contributed by atoms with Crippen LogP contribution in [0.4, 0.5) is 13.2 Å². The highest BCUT2D eigenvalue weighted by Crippen LogP contribution is 2.29. The van der Waals surface area contributed by atoms with E-state index in [1.54, 1.807) is 0 Å². The van der Waals surface area contributed by atoms with Gasteiger partial charge in [0, 0.05) is 5.33 Å². The number of nitrogens with zero attached hydrogens (tertiary/aromatic N) is 2. The van der Waals surface area contributed by atoms with Gasteiger partial charge in [-0.2, -0.15) is 18.3 Å². The van der Waals surface area contributed by atoms with Crippen LogP contribution >= 0.6 is 15.9 Å². The van der Waals surface area contributed by atoms with Gasteiger partial charge >= 0.3 is 6.18 Å². The molecule has 0 radical (unpaired) electrons. The SMILES string of the molecule is FC(F)(F)c1cc(CBr)n(COCc2ccccc2)n1. The van der Waals surface area contributed by atoms with Crippen molar-refractivity contribution in [1.82, 2.24) is 9.78 Å². The maximum atomic E-state index is 12.6. The summed E-state index contributed by atoms with van der Waals surface area (Å²) in [5, 5.41) is 3.80. The highest BCUT2D eigenvalue weighted by atomic mass is 79.9. The third-order valence-electron chi connectivity index (χ3n) is 2.62. The van der Waals surface area contributed by atoms with Crippen LogP contribution in [0, 0.1) is 0 Å². The zero-order valence-corrected chi connectivity index (χ0v) is 12.0. The zero-order chi connectivity index (χ0) is 14.6. The van der Waals surface area contributed by atoms with Crippen molar-refractivity contribution in [1.29, 1.82) is 0 Å². The van der Waals surface area contributed by atoms with E-state index in [4.69, 9.17) is 4.74 Å². The Labute approximate surface area is 122 Å². The average Bonchev–Trinajstić information content (AvgIpc) is 2.83. The molecule has 0 amide bonds. The van der Waals surface area contributed by atoms with Gasteiger partial charge in [-0.15, -0.1) is 0 Å². The van der Waals surface area contributed by atoms with Crippen molar-refractivity contribution in [2.24, 2.45) is 0 Å². The van der Waals surface area contributed by atoms with Crippen LogP contribution in [0.5, 0.6) is 0 Å². The molecule has 0 aliphatic carbocycles. The molecule has 0 atom stereocenters. The number of rotatable bonds is 5. The van der Waals surface area contributed by atoms with E-state index in [1.807, 2.05) is 30.3 Å². The Bertz CT molecular complexity index is 554. The Morgan fingerprint density at radius 2 is 1.90 bits per heavy atom. The molecule has 3 nitrogen and oxygen atoms in total. The van der Waals surface area contributed by atoms with Crippen molar-refractivity contribution in [2.75, 3.05) is 0 Å². The molecule has 2 aromatic rings. The van der Waals surface area contributed by atoms with Crippen molar-refractivity contribution in [3.8, 4) is 0 Å². The second-order valence-electron chi connectivity index (χ2n) is 4.12. The van der Waals surface area contributed by atoms with Crippen molar-refractivity contribution in [3.63, 3.8) is 0 Å². The third kappa shape index (κ3) is 3.83. The molecule has 0 fully saturated rings. The summed E-state index contributed by atoms with van der Waals surface area (Å²) >= 11 is 3.14. The van der Waals surface area contributed by atoms with Gasteiger partial charge in [-0.3, -0.25) is 0 Å². The van der Waals surface area contributed by atoms with Crippen molar-refractivity contribution in [2.45, 2.75) is 24.8 Å². The quantitative estimate of drug-likeness (QED) is 0.764. The van der Waals surface area contributed by atoms with Crippen LogP contribution in [0.15, 0.2) is 36.4 Å². The van der Waals surface area contributed by atoms with E-state index in [2.05, 4.69) is 21.0 Å². The monoisotopic (exact) mass is 348 g/mol. The van der Waals surface area contributed by atoms with Gasteiger partial charge in [0.15, 0.2) is 5.69 Å². The Balaban J connectivity index is 2.00. The van der Waals surface area contributed by atoms with E-state index in [0.717, 1.165) is 11.6 Å². The van der Waals surface area contributed by atoms with E-state index < -0.39 is 11.9 Å². The second kappa shape index (κ2) is 6.41. The lowest BCUT2D eigenvalue weighted by atomic mass is 10.2. The Morgan fingerprint density at radius 1 is 1.20 bits per heavy atom. The van der Waals surface area contributed by atoms with Gasteiger partial charge in [0.05, 0.1) is 12.3 Å². The molecule has 0 N–H and O–H groups in total. The number of ether oxygens (including phenoxy) is 1. The van der Waals surface area contributed by atoms with Crippen molar-refractivity contribution < 1.29 is 17.9 Å². The highest BCUT2D eigenvalue weighted by molar-refractivity contribution is 9.08. The number of aromatic nitrogens is 2. The molecule has 0 unspecified atom stereocenters. The first-order chi connectivity index (χ1) is 9.50. The molecule has 20 heavy (non-hydrogen) atoms. The minimum Gasteiger partial charge on any atom is -0.355 e. The molecular formula is C13H12BrF3N2O. The lowest BCUT2D eigenvalue weighted by Gasteiger charge is -2.07. The molecule has 1 heterocycles. The number of halogens is 4. The van der Waals surface area contributed by atoms with Gasteiger partial charge < -0.3 is 4.74 Å². The summed E-state index contributed by atoms with van der Waals surface area (Å²) in [6.07, 6.45) is -4.44. The molecule has 0 spiro atoms. The van der Waals surface area contributed by atoms with Crippen LogP contribution in [0.1, 0.15) is 17.0 Å². The van der Waals surface area contributed by atoms with Gasteiger partial charge in [0.1, 0.15) is 6.73 Å². The van der Waals surface area contributed by atoms with Crippen LogP contribution < -0.4 is 0 Å². The molecule has 0 saturated heterocycles. The second-order valence-corrected chi connectivity index (χ2v) is 4.68. The summed E-state index contributed by atoms with van der Waals surface area (Å²) in [6, 6.07) is 10.4. The Hall–Kier alpha value is -1.34. The molecule has 7 heteroatoms. The van der Waals surface area contributed by atoms with Crippen LogP contribution in [-0.4, -0.2) is 9.78 Å². The van der Waals surface area contributed by atoms with E-state index in [1.165, 1.54) is 4.68 Å². The maximum Gasteiger partial charge on any atom is 0.435 e. The van der Waals surface area contributed by atoms with Gasteiger partial charge in [0.25, 0.3) is 0 Å². The normalized spacial score (nSPS) is 11.8. The molecule has 0 saturated carbocycles. The molecule has 1 aromatic heterocycles. The fraction of sp³-hybridized carbons (Fsp3) is 0.308. The predicted octanol–water partition coefficient (Wildman–Crippen LogP) is 3.97. The third-order valence-corrected chi connectivity index (χ3v) is 3.19. The summed E-state index contributed by atoms with van der Waals surface area (Å²) in [4.78, 5) is 0. The molecule has 0 aliphatic heterocycles. The lowest BCUT2D eigenvalue weighted by Crippen LogP contribution is -2.10. The molecule has 0 aliphatic rings. The van der Waals surface area contributed by atoms with Crippen molar-refractivity contribution >= 4 is 15.9 Å². The van der Waals surface area contributed by atoms with Gasteiger partial charge in [-0.25, -0.2) is 4.68 Å². The molecular weight excluding hydrogens is 337 g/mol. The minimum absolute atomic E-state index is 0.0219. The summed E-state index contributed by atoms with van der Waals surface area (Å²) in [5.74, 6) is 0. The van der Waals surface area contributed by atoms with E-state index in [0.29, 0.717) is 12.3 Å². The van der Waals surface area contributed by atoms with E-state index in [9.17, 15) is 13.2 Å². The van der Waals surface area contributed by atoms with E-state index >= 15 is 0 Å². The fourth-order valence-electron chi connectivity index (χ4n) is 1.64. The fourth-order valence-corrected chi connectivity index (χ4v) is 2.09. The Kier molecular flexibility index (Phi) is 4.82. The smallest absolute Gasteiger partial charge is 0.355 e. The van der Waals surface area contributed by atoms with Gasteiger partial charge in [0.2, 0.25) is 0 Å². The van der Waals surface area contributed by atoms with E-state index in [-0.39, 0.29) is 12.1 Å². The number of hydrogen-bond donors (Lipinski definition) is 0. The molecule has 1 aromatic carbocycles. The maximum absolute atomic E-state index is 12.6. The molecule has 0 bridgehead atoms. The lowest BCUT2D eigenvalue weighted by molar-refractivity contribution is -0.141. The largest absolute Gasteiger partial charge is 0.435 e. The Morgan fingerprint density at radius 3 is 2.50 bits per heavy atom. The predicted molar refractivity (Wildman–Crippen MR) is 71.1 cm³/mol. The topological polar surface area (TPSA) is 27.1 Å². The number of benzene rings is 1. The van der Waals surface area contributed by atoms with Crippen LogP contribution in [0.25, 0.3) is 0 Å². The first kappa shape index (κ1) is 15.1. The van der Waals surface area contributed by atoms with Crippen LogP contribution in [0.2, 0.25) is 0 Å². The standard InChI is InChI=1S/C13H12BrF3N2O/c14-7-11-6-12(13(15,16)17)18-19(11)9-20-8-10-4-2-1-3-5-10/h1-6H,7-9H2. The summed E-state index contributed by atoms with van der Waals surface area (Å²) in [6.45, 7) is 0.301. The van der Waals surface area contributed by atoms with Crippen LogP contribution in [-0.2, 0) is 29.6 Å². The van der Waals surface area contributed by atoms with Gasteiger partial charge in [-0.1, -0.05) is 46.3 Å². The summed E-state index contributed by atoms with van der Waals surface area (Å²) < 4.78 is 44.3. The number of hydrogen-bond acceptors (Lipinski definition) is 2. The molecule has 108 valence electrons. The van der Waals surface area contributed by atoms with Gasteiger partial charge in [-0.05, 0) is 11.6 Å². The average molecular weight is 349 g/mol. The number of alkyl halides is 4. The molecule has 2 rings (SSSR count). The highest BCUT2D eigenvalue weighted by Gasteiger charge is 2.34. The summed E-state index contributed by atoms with van der Waals surface area (Å²) in [5.41, 5.74) is 0.469. The van der Waals surface area contributed by atoms with Crippen LogP contribution in [0.3, 0.4) is 0 Å². The minimum atomic E-state index is -4.44. The first-order valence-electron chi connectivity index (χ1n) is 5.82. The zero-order valence-electron chi connectivity index (χ0n) is 10.4. The summed E-state index contributed by atoms with van der Waals surface area (Å²) in [7, 11) is 0.